The lowest BCUT2D eigenvalue weighted by molar-refractivity contribution is 0.0994. The van der Waals surface area contributed by atoms with Gasteiger partial charge in [-0.15, -0.1) is 0 Å². The number of hydrogen-bond acceptors (Lipinski definition) is 5. The number of benzene rings is 2. The van der Waals surface area contributed by atoms with Crippen LogP contribution < -0.4 is 5.56 Å². The minimum Gasteiger partial charge on any atom is -0.383 e. The van der Waals surface area contributed by atoms with Crippen molar-refractivity contribution in [2.75, 3.05) is 13.7 Å². The first-order chi connectivity index (χ1) is 13.4. The maximum absolute atomic E-state index is 13.0. The number of rotatable bonds is 7. The van der Waals surface area contributed by atoms with E-state index < -0.39 is 5.25 Å². The third-order valence-electron chi connectivity index (χ3n) is 4.39. The summed E-state index contributed by atoms with van der Waals surface area (Å²) in [6, 6.07) is 12.5. The minimum atomic E-state index is -0.403. The number of ether oxygens (including phenoxy) is 1. The van der Waals surface area contributed by atoms with E-state index in [0.29, 0.717) is 39.8 Å². The van der Waals surface area contributed by atoms with Gasteiger partial charge in [0.1, 0.15) is 0 Å². The molecule has 5 nitrogen and oxygen atoms in total. The van der Waals surface area contributed by atoms with Gasteiger partial charge in [0.25, 0.3) is 5.56 Å². The zero-order chi connectivity index (χ0) is 20.3. The van der Waals surface area contributed by atoms with Crippen LogP contribution in [0.1, 0.15) is 22.8 Å². The molecule has 1 unspecified atom stereocenters. The predicted octanol–water partition coefficient (Wildman–Crippen LogP) is 4.37. The molecule has 28 heavy (non-hydrogen) atoms. The number of halogens is 1. The van der Waals surface area contributed by atoms with Crippen LogP contribution in [0.2, 0.25) is 5.02 Å². The molecule has 3 aromatic rings. The summed E-state index contributed by atoms with van der Waals surface area (Å²) in [6.45, 7) is 4.52. The Balaban J connectivity index is 1.98. The molecule has 0 fully saturated rings. The highest BCUT2D eigenvalue weighted by Gasteiger charge is 2.20. The van der Waals surface area contributed by atoms with E-state index in [1.807, 2.05) is 38.1 Å². The fraction of sp³-hybridized carbons (Fsp3) is 0.286. The molecule has 0 bridgehead atoms. The first-order valence-corrected chi connectivity index (χ1v) is 10.1. The zero-order valence-corrected chi connectivity index (χ0v) is 17.5. The lowest BCUT2D eigenvalue weighted by Gasteiger charge is -2.16. The molecule has 0 saturated heterocycles. The molecule has 2 aromatic carbocycles. The second-order valence-electron chi connectivity index (χ2n) is 6.50. The second kappa shape index (κ2) is 8.90. The van der Waals surface area contributed by atoms with Gasteiger partial charge in [-0.25, -0.2) is 4.98 Å². The summed E-state index contributed by atoms with van der Waals surface area (Å²) in [5.74, 6) is -0.0104. The molecule has 7 heteroatoms. The topological polar surface area (TPSA) is 61.2 Å². The summed E-state index contributed by atoms with van der Waals surface area (Å²) >= 11 is 7.33. The second-order valence-corrected chi connectivity index (χ2v) is 8.24. The molecular formula is C21H21ClN2O3S. The first kappa shape index (κ1) is 20.6. The van der Waals surface area contributed by atoms with Gasteiger partial charge < -0.3 is 4.74 Å². The predicted molar refractivity (Wildman–Crippen MR) is 114 cm³/mol. The number of thioether (sulfide) groups is 1. The molecule has 0 saturated carbocycles. The van der Waals surface area contributed by atoms with Gasteiger partial charge in [0, 0.05) is 17.7 Å². The number of aryl methyl sites for hydroxylation is 1. The Kier molecular flexibility index (Phi) is 6.54. The summed E-state index contributed by atoms with van der Waals surface area (Å²) in [5.41, 5.74) is 2.08. The molecular weight excluding hydrogens is 396 g/mol. The normalized spacial score (nSPS) is 12.3. The van der Waals surface area contributed by atoms with Gasteiger partial charge in [0.2, 0.25) is 0 Å². The molecule has 0 aliphatic heterocycles. The summed E-state index contributed by atoms with van der Waals surface area (Å²) in [6.07, 6.45) is 0. The van der Waals surface area contributed by atoms with Crippen molar-refractivity contribution in [3.05, 3.63) is 69.0 Å². The molecule has 0 aliphatic rings. The summed E-state index contributed by atoms with van der Waals surface area (Å²) in [7, 11) is 1.58. The maximum atomic E-state index is 13.0. The van der Waals surface area contributed by atoms with Crippen molar-refractivity contribution >= 4 is 40.0 Å². The molecule has 0 aliphatic carbocycles. The van der Waals surface area contributed by atoms with Crippen LogP contribution in [0, 0.1) is 6.92 Å². The van der Waals surface area contributed by atoms with E-state index in [1.165, 1.54) is 11.8 Å². The van der Waals surface area contributed by atoms with Crippen molar-refractivity contribution in [1.29, 1.82) is 0 Å². The SMILES string of the molecule is COCCn1c(SC(C)C(=O)c2ccc(C)cc2)nc2cc(Cl)ccc2c1=O. The van der Waals surface area contributed by atoms with Gasteiger partial charge in [0.05, 0.1) is 29.3 Å². The van der Waals surface area contributed by atoms with Crippen molar-refractivity contribution in [3.63, 3.8) is 0 Å². The largest absolute Gasteiger partial charge is 0.383 e. The van der Waals surface area contributed by atoms with Gasteiger partial charge >= 0.3 is 0 Å². The molecule has 0 spiro atoms. The van der Waals surface area contributed by atoms with Gasteiger partial charge in [-0.05, 0) is 32.0 Å². The number of carbonyl (C=O) groups is 1. The highest BCUT2D eigenvalue weighted by atomic mass is 35.5. The van der Waals surface area contributed by atoms with Crippen molar-refractivity contribution < 1.29 is 9.53 Å². The Morgan fingerprint density at radius 1 is 1.25 bits per heavy atom. The Morgan fingerprint density at radius 3 is 2.64 bits per heavy atom. The van der Waals surface area contributed by atoms with E-state index in [4.69, 9.17) is 16.3 Å². The number of methoxy groups -OCH3 is 1. The molecule has 1 aromatic heterocycles. The Morgan fingerprint density at radius 2 is 1.96 bits per heavy atom. The number of nitrogens with zero attached hydrogens (tertiary/aromatic N) is 2. The van der Waals surface area contributed by atoms with E-state index in [9.17, 15) is 9.59 Å². The molecule has 1 atom stereocenters. The van der Waals surface area contributed by atoms with Crippen LogP contribution in [0.15, 0.2) is 52.4 Å². The third kappa shape index (κ3) is 4.46. The number of carbonyl (C=O) groups excluding carboxylic acids is 1. The number of Topliss-reactive ketones (excluding diaryl/α,β-unsaturated/α-hetero) is 1. The van der Waals surface area contributed by atoms with Crippen molar-refractivity contribution in [2.24, 2.45) is 0 Å². The van der Waals surface area contributed by atoms with Crippen LogP contribution in [-0.2, 0) is 11.3 Å². The summed E-state index contributed by atoms with van der Waals surface area (Å²) in [4.78, 5) is 30.4. The monoisotopic (exact) mass is 416 g/mol. The van der Waals surface area contributed by atoms with E-state index in [0.717, 1.165) is 5.56 Å². The van der Waals surface area contributed by atoms with Gasteiger partial charge in [-0.2, -0.15) is 0 Å². The van der Waals surface area contributed by atoms with Gasteiger partial charge in [-0.3, -0.25) is 14.2 Å². The lowest BCUT2D eigenvalue weighted by Crippen LogP contribution is -2.26. The van der Waals surface area contributed by atoms with E-state index in [2.05, 4.69) is 4.98 Å². The maximum Gasteiger partial charge on any atom is 0.262 e. The Labute approximate surface area is 172 Å². The summed E-state index contributed by atoms with van der Waals surface area (Å²) in [5, 5.41) is 1.07. The molecule has 0 N–H and O–H groups in total. The van der Waals surface area contributed by atoms with Crippen LogP contribution >= 0.6 is 23.4 Å². The fourth-order valence-corrected chi connectivity index (χ4v) is 3.99. The molecule has 1 heterocycles. The minimum absolute atomic E-state index is 0.0104. The number of hydrogen-bond donors (Lipinski definition) is 0. The average molecular weight is 417 g/mol. The first-order valence-electron chi connectivity index (χ1n) is 8.87. The Bertz CT molecular complexity index is 1060. The van der Waals surface area contributed by atoms with Crippen molar-refractivity contribution in [1.82, 2.24) is 9.55 Å². The van der Waals surface area contributed by atoms with Gasteiger partial charge in [0.15, 0.2) is 10.9 Å². The standard InChI is InChI=1S/C21H21ClN2O3S/c1-13-4-6-15(7-5-13)19(25)14(2)28-21-23-18-12-16(22)8-9-17(18)20(26)24(21)10-11-27-3/h4-9,12,14H,10-11H2,1-3H3. The quantitative estimate of drug-likeness (QED) is 0.325. The molecule has 146 valence electrons. The average Bonchev–Trinajstić information content (AvgIpc) is 2.67. The van der Waals surface area contributed by atoms with E-state index in [1.54, 1.807) is 29.9 Å². The highest BCUT2D eigenvalue weighted by Crippen LogP contribution is 2.26. The fourth-order valence-electron chi connectivity index (χ4n) is 2.81. The number of aromatic nitrogens is 2. The highest BCUT2D eigenvalue weighted by molar-refractivity contribution is 8.00. The van der Waals surface area contributed by atoms with Crippen molar-refractivity contribution in [2.45, 2.75) is 30.8 Å². The van der Waals surface area contributed by atoms with Crippen molar-refractivity contribution in [3.8, 4) is 0 Å². The lowest BCUT2D eigenvalue weighted by atomic mass is 10.1. The Hall–Kier alpha value is -2.15. The van der Waals surface area contributed by atoms with Crippen LogP contribution in [0.25, 0.3) is 10.9 Å². The number of fused-ring (bicyclic) bond motifs is 1. The van der Waals surface area contributed by atoms with Crippen LogP contribution in [0.4, 0.5) is 0 Å². The van der Waals surface area contributed by atoms with Crippen LogP contribution in [-0.4, -0.2) is 34.3 Å². The van der Waals surface area contributed by atoms with Crippen LogP contribution in [0.5, 0.6) is 0 Å². The molecule has 0 radical (unpaired) electrons. The zero-order valence-electron chi connectivity index (χ0n) is 15.9. The smallest absolute Gasteiger partial charge is 0.262 e. The summed E-state index contributed by atoms with van der Waals surface area (Å²) < 4.78 is 6.69. The number of ketones is 1. The van der Waals surface area contributed by atoms with E-state index >= 15 is 0 Å². The van der Waals surface area contributed by atoms with Crippen LogP contribution in [0.3, 0.4) is 0 Å². The third-order valence-corrected chi connectivity index (χ3v) is 5.71. The molecule has 0 amide bonds. The van der Waals surface area contributed by atoms with E-state index in [-0.39, 0.29) is 11.3 Å². The van der Waals surface area contributed by atoms with Gasteiger partial charge in [-0.1, -0.05) is 53.2 Å². The molecule has 3 rings (SSSR count).